The SMILES string of the molecule is C=CC(=O)N1CCN(c2cnc(C)s2)C(=O)C1. The number of amides is 2. The van der Waals surface area contributed by atoms with Crippen LogP contribution in [-0.2, 0) is 9.59 Å². The van der Waals surface area contributed by atoms with Gasteiger partial charge in [0.15, 0.2) is 0 Å². The fourth-order valence-corrected chi connectivity index (χ4v) is 2.52. The zero-order valence-electron chi connectivity index (χ0n) is 9.55. The van der Waals surface area contributed by atoms with E-state index in [1.165, 1.54) is 22.3 Å². The summed E-state index contributed by atoms with van der Waals surface area (Å²) in [5.41, 5.74) is 0. The first kappa shape index (κ1) is 11.8. The van der Waals surface area contributed by atoms with Crippen molar-refractivity contribution in [1.82, 2.24) is 9.88 Å². The predicted molar refractivity (Wildman–Crippen MR) is 66.0 cm³/mol. The van der Waals surface area contributed by atoms with Crippen molar-refractivity contribution in [3.05, 3.63) is 23.9 Å². The van der Waals surface area contributed by atoms with Crippen molar-refractivity contribution >= 4 is 28.2 Å². The van der Waals surface area contributed by atoms with Gasteiger partial charge in [-0.2, -0.15) is 0 Å². The smallest absolute Gasteiger partial charge is 0.247 e. The third-order valence-corrected chi connectivity index (χ3v) is 3.52. The topological polar surface area (TPSA) is 53.5 Å². The monoisotopic (exact) mass is 251 g/mol. The highest BCUT2D eigenvalue weighted by atomic mass is 32.1. The van der Waals surface area contributed by atoms with Crippen LogP contribution in [0.5, 0.6) is 0 Å². The van der Waals surface area contributed by atoms with Gasteiger partial charge in [-0.3, -0.25) is 14.5 Å². The minimum atomic E-state index is -0.196. The molecule has 0 N–H and O–H groups in total. The predicted octanol–water partition coefficient (Wildman–Crippen LogP) is 0.813. The summed E-state index contributed by atoms with van der Waals surface area (Å²) in [5, 5.41) is 1.77. The molecular weight excluding hydrogens is 238 g/mol. The van der Waals surface area contributed by atoms with Crippen LogP contribution in [0, 0.1) is 6.92 Å². The molecular formula is C11H13N3O2S. The molecule has 0 saturated carbocycles. The summed E-state index contributed by atoms with van der Waals surface area (Å²) in [4.78, 5) is 30.6. The number of nitrogens with zero attached hydrogens (tertiary/aromatic N) is 3. The van der Waals surface area contributed by atoms with Crippen molar-refractivity contribution in [2.45, 2.75) is 6.92 Å². The third kappa shape index (κ3) is 2.36. The molecule has 5 nitrogen and oxygen atoms in total. The second-order valence-corrected chi connectivity index (χ2v) is 4.94. The molecule has 0 spiro atoms. The Morgan fingerprint density at radius 2 is 2.35 bits per heavy atom. The first-order valence-electron chi connectivity index (χ1n) is 5.26. The van der Waals surface area contributed by atoms with Gasteiger partial charge in [0.1, 0.15) is 11.5 Å². The van der Waals surface area contributed by atoms with Crippen LogP contribution in [0.3, 0.4) is 0 Å². The Balaban J connectivity index is 2.08. The molecule has 6 heteroatoms. The molecule has 1 aromatic heterocycles. The Kier molecular flexibility index (Phi) is 3.23. The Morgan fingerprint density at radius 1 is 1.59 bits per heavy atom. The number of piperazine rings is 1. The molecule has 0 unspecified atom stereocenters. The Bertz CT molecular complexity index is 469. The first-order valence-corrected chi connectivity index (χ1v) is 6.07. The van der Waals surface area contributed by atoms with Crippen molar-refractivity contribution in [3.8, 4) is 0 Å². The minimum absolute atomic E-state index is 0.0740. The summed E-state index contributed by atoms with van der Waals surface area (Å²) in [6, 6.07) is 0. The molecule has 2 rings (SSSR count). The number of carbonyl (C=O) groups is 2. The average Bonchev–Trinajstić information content (AvgIpc) is 2.74. The molecule has 0 aromatic carbocycles. The normalized spacial score (nSPS) is 16.2. The number of thiazole rings is 1. The van der Waals surface area contributed by atoms with Crippen LogP contribution < -0.4 is 4.90 Å². The van der Waals surface area contributed by atoms with Crippen molar-refractivity contribution in [2.75, 3.05) is 24.5 Å². The van der Waals surface area contributed by atoms with E-state index < -0.39 is 0 Å². The Hall–Kier alpha value is -1.69. The maximum absolute atomic E-state index is 11.9. The lowest BCUT2D eigenvalue weighted by Gasteiger charge is -2.32. The summed E-state index contributed by atoms with van der Waals surface area (Å²) in [7, 11) is 0. The quantitative estimate of drug-likeness (QED) is 0.731. The molecule has 1 fully saturated rings. The highest BCUT2D eigenvalue weighted by Gasteiger charge is 2.27. The van der Waals surface area contributed by atoms with Gasteiger partial charge in [0.05, 0.1) is 11.2 Å². The van der Waals surface area contributed by atoms with Crippen molar-refractivity contribution in [2.24, 2.45) is 0 Å². The molecule has 1 saturated heterocycles. The molecule has 1 aromatic rings. The minimum Gasteiger partial charge on any atom is -0.328 e. The number of rotatable bonds is 2. The first-order chi connectivity index (χ1) is 8.11. The maximum atomic E-state index is 11.9. The van der Waals surface area contributed by atoms with E-state index in [2.05, 4.69) is 11.6 Å². The van der Waals surface area contributed by atoms with Gasteiger partial charge in [-0.15, -0.1) is 11.3 Å². The molecule has 0 radical (unpaired) electrons. The van der Waals surface area contributed by atoms with Gasteiger partial charge in [-0.05, 0) is 13.0 Å². The second-order valence-electron chi connectivity index (χ2n) is 3.73. The van der Waals surface area contributed by atoms with Gasteiger partial charge in [0, 0.05) is 13.1 Å². The molecule has 17 heavy (non-hydrogen) atoms. The van der Waals surface area contributed by atoms with Gasteiger partial charge in [0.2, 0.25) is 11.8 Å². The van der Waals surface area contributed by atoms with Crippen LogP contribution in [0.1, 0.15) is 5.01 Å². The Morgan fingerprint density at radius 3 is 2.88 bits per heavy atom. The number of hydrogen-bond acceptors (Lipinski definition) is 4. The van der Waals surface area contributed by atoms with Crippen LogP contribution in [0.4, 0.5) is 5.00 Å². The zero-order chi connectivity index (χ0) is 12.4. The molecule has 1 aliphatic rings. The van der Waals surface area contributed by atoms with Gasteiger partial charge in [-0.1, -0.05) is 6.58 Å². The Labute approximate surface area is 103 Å². The van der Waals surface area contributed by atoms with E-state index in [0.717, 1.165) is 10.0 Å². The number of aryl methyl sites for hydroxylation is 1. The van der Waals surface area contributed by atoms with Crippen LogP contribution in [0.2, 0.25) is 0 Å². The number of aromatic nitrogens is 1. The number of anilines is 1. The van der Waals surface area contributed by atoms with Crippen molar-refractivity contribution in [1.29, 1.82) is 0 Å². The van der Waals surface area contributed by atoms with E-state index in [1.54, 1.807) is 11.1 Å². The van der Waals surface area contributed by atoms with Crippen molar-refractivity contribution < 1.29 is 9.59 Å². The maximum Gasteiger partial charge on any atom is 0.247 e. The zero-order valence-corrected chi connectivity index (χ0v) is 10.4. The summed E-state index contributed by atoms with van der Waals surface area (Å²) in [5.74, 6) is -0.270. The fourth-order valence-electron chi connectivity index (χ4n) is 1.70. The lowest BCUT2D eigenvalue weighted by molar-refractivity contribution is -0.133. The van der Waals surface area contributed by atoms with Gasteiger partial charge in [-0.25, -0.2) is 4.98 Å². The molecule has 0 atom stereocenters. The van der Waals surface area contributed by atoms with Crippen molar-refractivity contribution in [3.63, 3.8) is 0 Å². The lowest BCUT2D eigenvalue weighted by Crippen LogP contribution is -2.51. The fraction of sp³-hybridized carbons (Fsp3) is 0.364. The standard InChI is InChI=1S/C11H13N3O2S/c1-3-9(15)13-4-5-14(10(16)7-13)11-6-12-8(2)17-11/h3,6H,1,4-5,7H2,2H3. The summed E-state index contributed by atoms with van der Waals surface area (Å²) in [6.07, 6.45) is 2.93. The van der Waals surface area contributed by atoms with E-state index in [1.807, 2.05) is 6.92 Å². The highest BCUT2D eigenvalue weighted by molar-refractivity contribution is 7.15. The van der Waals surface area contributed by atoms with E-state index in [9.17, 15) is 9.59 Å². The average molecular weight is 251 g/mol. The largest absolute Gasteiger partial charge is 0.328 e. The van der Waals surface area contributed by atoms with Crippen LogP contribution in [0.25, 0.3) is 0 Å². The van der Waals surface area contributed by atoms with Gasteiger partial charge < -0.3 is 4.90 Å². The summed E-state index contributed by atoms with van der Waals surface area (Å²) in [6.45, 7) is 6.48. The number of carbonyl (C=O) groups excluding carboxylic acids is 2. The third-order valence-electron chi connectivity index (χ3n) is 2.58. The highest BCUT2D eigenvalue weighted by Crippen LogP contribution is 2.24. The van der Waals surface area contributed by atoms with Gasteiger partial charge >= 0.3 is 0 Å². The lowest BCUT2D eigenvalue weighted by atomic mass is 10.3. The molecule has 2 amide bonds. The van der Waals surface area contributed by atoms with Crippen LogP contribution in [-0.4, -0.2) is 41.3 Å². The number of hydrogen-bond donors (Lipinski definition) is 0. The van der Waals surface area contributed by atoms with E-state index >= 15 is 0 Å². The van der Waals surface area contributed by atoms with Gasteiger partial charge in [0.25, 0.3) is 0 Å². The molecule has 0 aliphatic carbocycles. The van der Waals surface area contributed by atoms with Crippen LogP contribution in [0.15, 0.2) is 18.9 Å². The summed E-state index contributed by atoms with van der Waals surface area (Å²) >= 11 is 1.48. The molecule has 1 aliphatic heterocycles. The molecule has 2 heterocycles. The van der Waals surface area contributed by atoms with E-state index in [4.69, 9.17) is 0 Å². The molecule has 0 bridgehead atoms. The van der Waals surface area contributed by atoms with E-state index in [-0.39, 0.29) is 18.4 Å². The van der Waals surface area contributed by atoms with Crippen LogP contribution >= 0.6 is 11.3 Å². The summed E-state index contributed by atoms with van der Waals surface area (Å²) < 4.78 is 0. The second kappa shape index (κ2) is 4.67. The van der Waals surface area contributed by atoms with E-state index in [0.29, 0.717) is 13.1 Å². The molecule has 90 valence electrons.